The van der Waals surface area contributed by atoms with Crippen molar-refractivity contribution in [1.29, 1.82) is 0 Å². The quantitative estimate of drug-likeness (QED) is 0.778. The summed E-state index contributed by atoms with van der Waals surface area (Å²) < 4.78 is 32.1. The minimum Gasteiger partial charge on any atom is -0.481 e. The van der Waals surface area contributed by atoms with Gasteiger partial charge in [-0.2, -0.15) is 0 Å². The number of nitrogens with one attached hydrogen (secondary N) is 2. The van der Waals surface area contributed by atoms with E-state index >= 15 is 0 Å². The van der Waals surface area contributed by atoms with Crippen LogP contribution in [0.25, 0.3) is 0 Å². The number of hydrogen-bond acceptors (Lipinski definition) is 3. The maximum absolute atomic E-state index is 13.1. The van der Waals surface area contributed by atoms with Gasteiger partial charge in [-0.3, -0.25) is 20.4 Å². The van der Waals surface area contributed by atoms with Crippen LogP contribution in [0.4, 0.5) is 8.78 Å². The summed E-state index contributed by atoms with van der Waals surface area (Å²) in [5.74, 6) is -3.13. The molecule has 1 atom stereocenters. The summed E-state index contributed by atoms with van der Waals surface area (Å²) in [6.07, 6.45) is -0.885. The van der Waals surface area contributed by atoms with Gasteiger partial charge in [0.1, 0.15) is 5.75 Å². The van der Waals surface area contributed by atoms with Crippen molar-refractivity contribution < 1.29 is 23.1 Å². The molecule has 1 unspecified atom stereocenters. The molecule has 0 aliphatic heterocycles. The lowest BCUT2D eigenvalue weighted by Gasteiger charge is -2.15. The third-order valence-electron chi connectivity index (χ3n) is 2.96. The van der Waals surface area contributed by atoms with Gasteiger partial charge in [-0.15, -0.1) is 0 Å². The molecule has 0 saturated heterocycles. The molecule has 0 heterocycles. The highest BCUT2D eigenvalue weighted by Gasteiger charge is 2.16. The largest absolute Gasteiger partial charge is 0.481 e. The number of benzene rings is 2. The maximum atomic E-state index is 13.1. The highest BCUT2D eigenvalue weighted by Crippen LogP contribution is 2.18. The van der Waals surface area contributed by atoms with Crippen molar-refractivity contribution in [1.82, 2.24) is 10.9 Å². The van der Waals surface area contributed by atoms with Crippen molar-refractivity contribution in [2.24, 2.45) is 0 Å². The van der Waals surface area contributed by atoms with Crippen molar-refractivity contribution in [2.75, 3.05) is 0 Å². The van der Waals surface area contributed by atoms with Gasteiger partial charge in [0.2, 0.25) is 0 Å². The zero-order valence-electron chi connectivity index (χ0n) is 12.5. The number of halogens is 3. The number of hydrogen-bond donors (Lipinski definition) is 2. The van der Waals surface area contributed by atoms with Crippen LogP contribution in [0.15, 0.2) is 46.9 Å². The van der Waals surface area contributed by atoms with E-state index < -0.39 is 29.6 Å². The van der Waals surface area contributed by atoms with Crippen LogP contribution in [0.3, 0.4) is 0 Å². The Morgan fingerprint density at radius 2 is 1.83 bits per heavy atom. The molecule has 2 aromatic carbocycles. The van der Waals surface area contributed by atoms with Gasteiger partial charge in [-0.25, -0.2) is 8.78 Å². The van der Waals surface area contributed by atoms with Crippen LogP contribution in [-0.2, 0) is 4.79 Å². The second-order valence-electron chi connectivity index (χ2n) is 4.79. The van der Waals surface area contributed by atoms with Crippen LogP contribution in [0.1, 0.15) is 17.3 Å². The van der Waals surface area contributed by atoms with E-state index in [0.717, 1.165) is 22.7 Å². The first-order valence-electron chi connectivity index (χ1n) is 6.84. The Balaban J connectivity index is 1.89. The lowest BCUT2D eigenvalue weighted by Crippen LogP contribution is -2.47. The summed E-state index contributed by atoms with van der Waals surface area (Å²) in [6.45, 7) is 1.50. The van der Waals surface area contributed by atoms with Gasteiger partial charge in [0, 0.05) is 10.0 Å². The second-order valence-corrected chi connectivity index (χ2v) is 5.71. The first-order chi connectivity index (χ1) is 11.4. The minimum absolute atomic E-state index is 0.130. The van der Waals surface area contributed by atoms with Crippen molar-refractivity contribution in [3.05, 3.63) is 64.1 Å². The van der Waals surface area contributed by atoms with Crippen LogP contribution in [0.5, 0.6) is 5.75 Å². The normalized spacial score (nSPS) is 11.5. The molecule has 5 nitrogen and oxygen atoms in total. The van der Waals surface area contributed by atoms with Crippen LogP contribution < -0.4 is 15.6 Å². The second kappa shape index (κ2) is 7.87. The summed E-state index contributed by atoms with van der Waals surface area (Å²) in [6, 6.07) is 9.57. The average molecular weight is 399 g/mol. The van der Waals surface area contributed by atoms with E-state index in [9.17, 15) is 18.4 Å². The molecule has 2 aromatic rings. The van der Waals surface area contributed by atoms with Crippen LogP contribution in [0, 0.1) is 11.6 Å². The maximum Gasteiger partial charge on any atom is 0.279 e. The van der Waals surface area contributed by atoms with E-state index in [4.69, 9.17) is 4.74 Å². The Kier molecular flexibility index (Phi) is 5.86. The summed E-state index contributed by atoms with van der Waals surface area (Å²) in [4.78, 5) is 23.7. The topological polar surface area (TPSA) is 67.4 Å². The molecular weight excluding hydrogens is 386 g/mol. The summed E-state index contributed by atoms with van der Waals surface area (Å²) in [7, 11) is 0. The molecule has 126 valence electrons. The molecule has 8 heteroatoms. The SMILES string of the molecule is CC(Oc1cccc(Br)c1)C(=O)NNC(=O)c1ccc(F)c(F)c1. The molecule has 2 N–H and O–H groups in total. The highest BCUT2D eigenvalue weighted by molar-refractivity contribution is 9.10. The van der Waals surface area contributed by atoms with E-state index in [0.29, 0.717) is 5.75 Å². The van der Waals surface area contributed by atoms with Gasteiger partial charge in [-0.1, -0.05) is 22.0 Å². The Labute approximate surface area is 145 Å². The van der Waals surface area contributed by atoms with E-state index in [1.54, 1.807) is 24.3 Å². The van der Waals surface area contributed by atoms with Gasteiger partial charge < -0.3 is 4.74 Å². The van der Waals surface area contributed by atoms with Gasteiger partial charge in [0.25, 0.3) is 11.8 Å². The Bertz CT molecular complexity index is 771. The number of carbonyl (C=O) groups is 2. The number of amides is 2. The highest BCUT2D eigenvalue weighted by atomic mass is 79.9. The molecule has 2 rings (SSSR count). The third-order valence-corrected chi connectivity index (χ3v) is 3.45. The Morgan fingerprint density at radius 3 is 2.50 bits per heavy atom. The van der Waals surface area contributed by atoms with Crippen LogP contribution >= 0.6 is 15.9 Å². The number of carbonyl (C=O) groups excluding carboxylic acids is 2. The van der Waals surface area contributed by atoms with E-state index in [2.05, 4.69) is 26.8 Å². The molecule has 0 spiro atoms. The number of ether oxygens (including phenoxy) is 1. The predicted molar refractivity (Wildman–Crippen MR) is 86.2 cm³/mol. The first kappa shape index (κ1) is 17.9. The Morgan fingerprint density at radius 1 is 1.08 bits per heavy atom. The standard InChI is InChI=1S/C16H13BrF2N2O3/c1-9(24-12-4-2-3-11(17)8-12)15(22)20-21-16(23)10-5-6-13(18)14(19)7-10/h2-9H,1H3,(H,20,22)(H,21,23). The summed E-state index contributed by atoms with van der Waals surface area (Å²) in [5.41, 5.74) is 4.13. The van der Waals surface area contributed by atoms with Crippen LogP contribution in [0.2, 0.25) is 0 Å². The molecular formula is C16H13BrF2N2O3. The molecule has 0 bridgehead atoms. The fourth-order valence-corrected chi connectivity index (χ4v) is 2.11. The molecule has 2 amide bonds. The predicted octanol–water partition coefficient (Wildman–Crippen LogP) is 2.96. The zero-order chi connectivity index (χ0) is 17.7. The molecule has 0 saturated carbocycles. The van der Waals surface area contributed by atoms with Crippen molar-refractivity contribution in [2.45, 2.75) is 13.0 Å². The Hall–Kier alpha value is -2.48. The molecule has 0 aliphatic carbocycles. The first-order valence-corrected chi connectivity index (χ1v) is 7.63. The third kappa shape index (κ3) is 4.76. The molecule has 0 aromatic heterocycles. The lowest BCUT2D eigenvalue weighted by atomic mass is 10.2. The summed E-state index contributed by atoms with van der Waals surface area (Å²) in [5, 5.41) is 0. The minimum atomic E-state index is -1.15. The van der Waals surface area contributed by atoms with Crippen LogP contribution in [-0.4, -0.2) is 17.9 Å². The van der Waals surface area contributed by atoms with E-state index in [-0.39, 0.29) is 5.56 Å². The fourth-order valence-electron chi connectivity index (χ4n) is 1.73. The van der Waals surface area contributed by atoms with Gasteiger partial charge in [-0.05, 0) is 43.3 Å². The zero-order valence-corrected chi connectivity index (χ0v) is 14.1. The molecule has 0 aliphatic rings. The van der Waals surface area contributed by atoms with Gasteiger partial charge >= 0.3 is 0 Å². The van der Waals surface area contributed by atoms with E-state index in [1.807, 2.05) is 0 Å². The molecule has 0 radical (unpaired) electrons. The molecule has 0 fully saturated rings. The van der Waals surface area contributed by atoms with Crippen molar-refractivity contribution in [3.8, 4) is 5.75 Å². The monoisotopic (exact) mass is 398 g/mol. The smallest absolute Gasteiger partial charge is 0.279 e. The van der Waals surface area contributed by atoms with Crippen molar-refractivity contribution >= 4 is 27.7 Å². The van der Waals surface area contributed by atoms with Gasteiger partial charge in [0.15, 0.2) is 17.7 Å². The number of rotatable bonds is 4. The molecule has 24 heavy (non-hydrogen) atoms. The summed E-state index contributed by atoms with van der Waals surface area (Å²) >= 11 is 3.28. The average Bonchev–Trinajstić information content (AvgIpc) is 2.54. The van der Waals surface area contributed by atoms with Gasteiger partial charge in [0.05, 0.1) is 0 Å². The van der Waals surface area contributed by atoms with E-state index in [1.165, 1.54) is 6.92 Å². The van der Waals surface area contributed by atoms with Crippen molar-refractivity contribution in [3.63, 3.8) is 0 Å². The number of hydrazine groups is 1. The lowest BCUT2D eigenvalue weighted by molar-refractivity contribution is -0.128. The fraction of sp³-hybridized carbons (Fsp3) is 0.125.